The van der Waals surface area contributed by atoms with Crippen LogP contribution in [0.5, 0.6) is 0 Å². The summed E-state index contributed by atoms with van der Waals surface area (Å²) in [5.74, 6) is 0. The second-order valence-corrected chi connectivity index (χ2v) is 7.16. The highest BCUT2D eigenvalue weighted by Crippen LogP contribution is 2.22. The monoisotopic (exact) mass is 204 g/mol. The van der Waals surface area contributed by atoms with Gasteiger partial charge in [-0.25, -0.2) is 0 Å². The quantitative estimate of drug-likeness (QED) is 0.446. The standard InChI is InChI=1S/C10H24O2Si/c1-5-7-8-10-13(11-3,12-4)9-6-2/h5-10H2,1-4H3. The van der Waals surface area contributed by atoms with Crippen LogP contribution >= 0.6 is 0 Å². The van der Waals surface area contributed by atoms with Crippen LogP contribution in [0.2, 0.25) is 12.1 Å². The average molecular weight is 204 g/mol. The summed E-state index contributed by atoms with van der Waals surface area (Å²) < 4.78 is 11.2. The molecule has 0 atom stereocenters. The van der Waals surface area contributed by atoms with E-state index in [0.29, 0.717) is 0 Å². The molecule has 0 aliphatic carbocycles. The van der Waals surface area contributed by atoms with Crippen molar-refractivity contribution in [2.45, 2.75) is 51.6 Å². The van der Waals surface area contributed by atoms with Crippen LogP contribution in [-0.2, 0) is 8.85 Å². The SMILES string of the molecule is CCCCC[Si](CCC)(OC)OC. The van der Waals surface area contributed by atoms with E-state index in [9.17, 15) is 0 Å². The second-order valence-electron chi connectivity index (χ2n) is 3.53. The van der Waals surface area contributed by atoms with Crippen molar-refractivity contribution >= 4 is 8.56 Å². The Morgan fingerprint density at radius 3 is 1.85 bits per heavy atom. The first kappa shape index (κ1) is 13.1. The zero-order valence-electron chi connectivity index (χ0n) is 9.56. The van der Waals surface area contributed by atoms with E-state index in [4.69, 9.17) is 8.85 Å². The van der Waals surface area contributed by atoms with Crippen molar-refractivity contribution < 1.29 is 8.85 Å². The van der Waals surface area contributed by atoms with Crippen molar-refractivity contribution in [3.8, 4) is 0 Å². The molecule has 0 rings (SSSR count). The van der Waals surface area contributed by atoms with Gasteiger partial charge < -0.3 is 8.85 Å². The van der Waals surface area contributed by atoms with E-state index in [1.54, 1.807) is 14.2 Å². The Bertz CT molecular complexity index is 113. The molecule has 0 saturated carbocycles. The minimum absolute atomic E-state index is 1.13. The molecule has 0 aromatic carbocycles. The van der Waals surface area contributed by atoms with Crippen LogP contribution in [-0.4, -0.2) is 22.8 Å². The van der Waals surface area contributed by atoms with Crippen LogP contribution in [0.25, 0.3) is 0 Å². The van der Waals surface area contributed by atoms with E-state index in [-0.39, 0.29) is 0 Å². The van der Waals surface area contributed by atoms with E-state index < -0.39 is 8.56 Å². The lowest BCUT2D eigenvalue weighted by Gasteiger charge is -2.26. The fourth-order valence-corrected chi connectivity index (χ4v) is 4.43. The molecule has 0 fully saturated rings. The Labute approximate surface area is 83.9 Å². The van der Waals surface area contributed by atoms with Gasteiger partial charge in [0.25, 0.3) is 0 Å². The molecule has 0 bridgehead atoms. The van der Waals surface area contributed by atoms with Crippen LogP contribution in [0.1, 0.15) is 39.5 Å². The van der Waals surface area contributed by atoms with Crippen molar-refractivity contribution in [2.75, 3.05) is 14.2 Å². The second kappa shape index (κ2) is 7.53. The maximum absolute atomic E-state index is 5.59. The van der Waals surface area contributed by atoms with Gasteiger partial charge in [-0.15, -0.1) is 0 Å². The molecule has 0 aliphatic heterocycles. The zero-order valence-corrected chi connectivity index (χ0v) is 10.6. The summed E-state index contributed by atoms with van der Waals surface area (Å²) in [6, 6.07) is 2.28. The van der Waals surface area contributed by atoms with Gasteiger partial charge in [0.05, 0.1) is 0 Å². The van der Waals surface area contributed by atoms with Crippen molar-refractivity contribution in [3.63, 3.8) is 0 Å². The molecule has 0 aromatic rings. The first-order valence-corrected chi connectivity index (χ1v) is 7.58. The van der Waals surface area contributed by atoms with E-state index >= 15 is 0 Å². The molecule has 0 radical (unpaired) electrons. The number of hydrogen-bond acceptors (Lipinski definition) is 2. The predicted octanol–water partition coefficient (Wildman–Crippen LogP) is 3.32. The van der Waals surface area contributed by atoms with Gasteiger partial charge in [-0.1, -0.05) is 39.5 Å². The molecule has 0 spiro atoms. The zero-order chi connectivity index (χ0) is 10.2. The predicted molar refractivity (Wildman–Crippen MR) is 59.2 cm³/mol. The molecule has 0 N–H and O–H groups in total. The fraction of sp³-hybridized carbons (Fsp3) is 1.00. The van der Waals surface area contributed by atoms with Gasteiger partial charge in [-0.2, -0.15) is 0 Å². The molecule has 13 heavy (non-hydrogen) atoms. The van der Waals surface area contributed by atoms with Gasteiger partial charge in [-0.3, -0.25) is 0 Å². The highest BCUT2D eigenvalue weighted by atomic mass is 28.4. The lowest BCUT2D eigenvalue weighted by atomic mass is 10.3. The third kappa shape index (κ3) is 4.79. The van der Waals surface area contributed by atoms with Crippen LogP contribution in [0, 0.1) is 0 Å². The highest BCUT2D eigenvalue weighted by molar-refractivity contribution is 6.67. The van der Waals surface area contributed by atoms with Crippen LogP contribution in [0.3, 0.4) is 0 Å². The average Bonchev–Trinajstić information content (AvgIpc) is 2.17. The first-order chi connectivity index (χ1) is 6.24. The summed E-state index contributed by atoms with van der Waals surface area (Å²) in [7, 11) is 1.83. The van der Waals surface area contributed by atoms with Gasteiger partial charge in [0.15, 0.2) is 0 Å². The number of rotatable bonds is 8. The minimum Gasteiger partial charge on any atom is -0.398 e. The van der Waals surface area contributed by atoms with Crippen molar-refractivity contribution in [1.82, 2.24) is 0 Å². The molecular weight excluding hydrogens is 180 g/mol. The van der Waals surface area contributed by atoms with Crippen molar-refractivity contribution in [2.24, 2.45) is 0 Å². The Balaban J connectivity index is 3.89. The van der Waals surface area contributed by atoms with Gasteiger partial charge in [0.1, 0.15) is 0 Å². The van der Waals surface area contributed by atoms with Crippen molar-refractivity contribution in [3.05, 3.63) is 0 Å². The van der Waals surface area contributed by atoms with Gasteiger partial charge >= 0.3 is 8.56 Å². The molecule has 80 valence electrons. The largest absolute Gasteiger partial charge is 0.398 e. The first-order valence-electron chi connectivity index (χ1n) is 5.35. The van der Waals surface area contributed by atoms with Gasteiger partial charge in [0.2, 0.25) is 0 Å². The molecule has 0 unspecified atom stereocenters. The topological polar surface area (TPSA) is 18.5 Å². The summed E-state index contributed by atoms with van der Waals surface area (Å²) in [6.07, 6.45) is 4.99. The van der Waals surface area contributed by atoms with Crippen molar-refractivity contribution in [1.29, 1.82) is 0 Å². The Hall–Kier alpha value is 0.137. The number of hydrogen-bond donors (Lipinski definition) is 0. The van der Waals surface area contributed by atoms with E-state index in [0.717, 1.165) is 12.1 Å². The van der Waals surface area contributed by atoms with Gasteiger partial charge in [0, 0.05) is 14.2 Å². The third-order valence-corrected chi connectivity index (χ3v) is 6.40. The number of unbranched alkanes of at least 4 members (excludes halogenated alkanes) is 2. The fourth-order valence-electron chi connectivity index (χ4n) is 1.64. The lowest BCUT2D eigenvalue weighted by Crippen LogP contribution is -2.39. The van der Waals surface area contributed by atoms with E-state index in [2.05, 4.69) is 13.8 Å². The van der Waals surface area contributed by atoms with E-state index in [1.165, 1.54) is 25.7 Å². The summed E-state index contributed by atoms with van der Waals surface area (Å²) in [6.45, 7) is 4.42. The molecule has 0 heterocycles. The van der Waals surface area contributed by atoms with Gasteiger partial charge in [-0.05, 0) is 12.1 Å². The lowest BCUT2D eigenvalue weighted by molar-refractivity contribution is 0.239. The molecule has 0 saturated heterocycles. The highest BCUT2D eigenvalue weighted by Gasteiger charge is 2.33. The molecule has 0 aromatic heterocycles. The molecule has 0 amide bonds. The summed E-state index contributed by atoms with van der Waals surface area (Å²) in [4.78, 5) is 0. The maximum Gasteiger partial charge on any atom is 0.337 e. The summed E-state index contributed by atoms with van der Waals surface area (Å²) >= 11 is 0. The summed E-state index contributed by atoms with van der Waals surface area (Å²) in [5, 5.41) is 0. The Kier molecular flexibility index (Phi) is 7.61. The van der Waals surface area contributed by atoms with E-state index in [1.807, 2.05) is 0 Å². The molecular formula is C10H24O2Si. The molecule has 0 aliphatic rings. The molecule has 2 nitrogen and oxygen atoms in total. The smallest absolute Gasteiger partial charge is 0.337 e. The van der Waals surface area contributed by atoms with Crippen LogP contribution in [0.15, 0.2) is 0 Å². The van der Waals surface area contributed by atoms with Crippen LogP contribution < -0.4 is 0 Å². The Morgan fingerprint density at radius 2 is 1.46 bits per heavy atom. The summed E-state index contributed by atoms with van der Waals surface area (Å²) in [5.41, 5.74) is 0. The normalized spacial score (nSPS) is 12.0. The molecule has 3 heteroatoms. The Morgan fingerprint density at radius 1 is 0.846 bits per heavy atom. The maximum atomic E-state index is 5.59. The third-order valence-electron chi connectivity index (χ3n) is 2.54. The minimum atomic E-state index is -1.78. The van der Waals surface area contributed by atoms with Crippen LogP contribution in [0.4, 0.5) is 0 Å².